The summed E-state index contributed by atoms with van der Waals surface area (Å²) in [5, 5.41) is 13.9. The molecule has 1 fully saturated rings. The lowest BCUT2D eigenvalue weighted by Gasteiger charge is -2.42. The molecule has 1 heterocycles. The van der Waals surface area contributed by atoms with Gasteiger partial charge in [-0.05, 0) is 76.6 Å². The van der Waals surface area contributed by atoms with Crippen LogP contribution < -0.4 is 5.32 Å². The fraction of sp³-hybridized carbons (Fsp3) is 0.455. The average molecular weight is 338 g/mol. The Labute approximate surface area is 151 Å². The lowest BCUT2D eigenvalue weighted by atomic mass is 9.67. The molecule has 3 heteroatoms. The minimum Gasteiger partial charge on any atom is -0.508 e. The van der Waals surface area contributed by atoms with Crippen LogP contribution in [0, 0.1) is 0 Å². The molecule has 2 aromatic carbocycles. The zero-order valence-electron chi connectivity index (χ0n) is 15.5. The maximum Gasteiger partial charge on any atom is 0.119 e. The monoisotopic (exact) mass is 338 g/mol. The van der Waals surface area contributed by atoms with Crippen molar-refractivity contribution in [1.29, 1.82) is 0 Å². The predicted molar refractivity (Wildman–Crippen MR) is 104 cm³/mol. The van der Waals surface area contributed by atoms with E-state index >= 15 is 0 Å². The van der Waals surface area contributed by atoms with Crippen LogP contribution in [0.4, 0.5) is 0 Å². The van der Waals surface area contributed by atoms with Crippen molar-refractivity contribution in [3.05, 3.63) is 65.2 Å². The highest BCUT2D eigenvalue weighted by atomic mass is 16.3. The fourth-order valence-electron chi connectivity index (χ4n) is 4.06. The second kappa shape index (κ2) is 8.03. The van der Waals surface area contributed by atoms with Crippen molar-refractivity contribution in [3.8, 4) is 5.75 Å². The van der Waals surface area contributed by atoms with Crippen LogP contribution in [0.1, 0.15) is 36.0 Å². The van der Waals surface area contributed by atoms with Crippen molar-refractivity contribution in [1.82, 2.24) is 10.2 Å². The van der Waals surface area contributed by atoms with Crippen molar-refractivity contribution in [3.63, 3.8) is 0 Å². The van der Waals surface area contributed by atoms with Crippen LogP contribution >= 0.6 is 0 Å². The summed E-state index contributed by atoms with van der Waals surface area (Å²) in [6.07, 6.45) is 4.24. The molecule has 3 nitrogen and oxygen atoms in total. The molecular weight excluding hydrogens is 308 g/mol. The van der Waals surface area contributed by atoms with Crippen LogP contribution in [0.25, 0.3) is 0 Å². The molecule has 0 saturated carbocycles. The molecule has 0 spiro atoms. The number of likely N-dealkylation sites (tertiary alicyclic amines) is 1. The topological polar surface area (TPSA) is 35.5 Å². The Morgan fingerprint density at radius 2 is 1.80 bits per heavy atom. The predicted octanol–water partition coefficient (Wildman–Crippen LogP) is 3.56. The van der Waals surface area contributed by atoms with Gasteiger partial charge in [0.25, 0.3) is 0 Å². The molecule has 0 radical (unpaired) electrons. The van der Waals surface area contributed by atoms with E-state index < -0.39 is 0 Å². The van der Waals surface area contributed by atoms with E-state index in [1.165, 1.54) is 11.1 Å². The summed E-state index contributed by atoms with van der Waals surface area (Å²) in [6, 6.07) is 17.0. The number of piperidine rings is 1. The van der Waals surface area contributed by atoms with E-state index in [9.17, 15) is 5.11 Å². The Morgan fingerprint density at radius 3 is 2.48 bits per heavy atom. The number of nitrogens with one attached hydrogen (secondary N) is 1. The first-order chi connectivity index (χ1) is 12.2. The second-order valence-electron chi connectivity index (χ2n) is 7.31. The van der Waals surface area contributed by atoms with E-state index in [2.05, 4.69) is 59.7 Å². The summed E-state index contributed by atoms with van der Waals surface area (Å²) in [5.41, 5.74) is 3.66. The lowest BCUT2D eigenvalue weighted by Crippen LogP contribution is -2.41. The van der Waals surface area contributed by atoms with Crippen LogP contribution in [-0.4, -0.2) is 43.7 Å². The van der Waals surface area contributed by atoms with Gasteiger partial charge in [-0.1, -0.05) is 42.5 Å². The number of phenols is 1. The first kappa shape index (κ1) is 18.0. The number of aromatic hydroxyl groups is 1. The van der Waals surface area contributed by atoms with Gasteiger partial charge in [0.2, 0.25) is 0 Å². The third-order valence-corrected chi connectivity index (χ3v) is 5.64. The highest BCUT2D eigenvalue weighted by Gasteiger charge is 2.38. The van der Waals surface area contributed by atoms with E-state index in [-0.39, 0.29) is 5.41 Å². The number of nitrogens with zero attached hydrogens (tertiary/aromatic N) is 1. The second-order valence-corrected chi connectivity index (χ2v) is 7.31. The molecule has 0 atom stereocenters. The summed E-state index contributed by atoms with van der Waals surface area (Å²) in [5.74, 6) is 0.436. The van der Waals surface area contributed by atoms with E-state index in [0.29, 0.717) is 5.75 Å². The smallest absolute Gasteiger partial charge is 0.119 e. The average Bonchev–Trinajstić information content (AvgIpc) is 2.65. The molecule has 25 heavy (non-hydrogen) atoms. The molecule has 1 saturated heterocycles. The summed E-state index contributed by atoms with van der Waals surface area (Å²) in [7, 11) is 4.17. The highest BCUT2D eigenvalue weighted by Crippen LogP contribution is 2.45. The lowest BCUT2D eigenvalue weighted by molar-refractivity contribution is 0.210. The van der Waals surface area contributed by atoms with Gasteiger partial charge in [0.1, 0.15) is 5.75 Å². The van der Waals surface area contributed by atoms with Gasteiger partial charge in [-0.15, -0.1) is 0 Å². The minimum absolute atomic E-state index is 0.0864. The standard InChI is InChI=1S/C22H30N2O/c1-23-14-6-7-18-10-11-21(25)20(17-18)22(12-15-24(2)16-13-22)19-8-4-3-5-9-19/h3-5,8-11,17,23,25H,6-7,12-16H2,1-2H3. The van der Waals surface area contributed by atoms with Crippen LogP contribution in [0.3, 0.4) is 0 Å². The van der Waals surface area contributed by atoms with Crippen molar-refractivity contribution in [2.75, 3.05) is 33.7 Å². The minimum atomic E-state index is -0.0864. The van der Waals surface area contributed by atoms with Crippen molar-refractivity contribution in [2.45, 2.75) is 31.1 Å². The van der Waals surface area contributed by atoms with Crippen LogP contribution in [0.15, 0.2) is 48.5 Å². The molecule has 0 aliphatic carbocycles. The van der Waals surface area contributed by atoms with Gasteiger partial charge in [-0.2, -0.15) is 0 Å². The molecular formula is C22H30N2O. The highest BCUT2D eigenvalue weighted by molar-refractivity contribution is 5.49. The maximum atomic E-state index is 10.7. The number of rotatable bonds is 6. The SMILES string of the molecule is CNCCCc1ccc(O)c(C2(c3ccccc3)CCN(C)CC2)c1. The molecule has 0 unspecified atom stereocenters. The van der Waals surface area contributed by atoms with Gasteiger partial charge in [-0.25, -0.2) is 0 Å². The number of aryl methyl sites for hydroxylation is 1. The maximum absolute atomic E-state index is 10.7. The molecule has 1 aliphatic rings. The number of hydrogen-bond donors (Lipinski definition) is 2. The summed E-state index contributed by atoms with van der Waals surface area (Å²) < 4.78 is 0. The van der Waals surface area contributed by atoms with Crippen molar-refractivity contribution >= 4 is 0 Å². The van der Waals surface area contributed by atoms with Gasteiger partial charge in [-0.3, -0.25) is 0 Å². The third kappa shape index (κ3) is 3.88. The zero-order valence-corrected chi connectivity index (χ0v) is 15.5. The number of benzene rings is 2. The Morgan fingerprint density at radius 1 is 1.08 bits per heavy atom. The van der Waals surface area contributed by atoms with Gasteiger partial charge < -0.3 is 15.3 Å². The molecule has 1 aliphatic heterocycles. The Balaban J connectivity index is 2.00. The first-order valence-corrected chi connectivity index (χ1v) is 9.37. The molecule has 3 rings (SSSR count). The molecule has 2 N–H and O–H groups in total. The molecule has 0 bridgehead atoms. The van der Waals surface area contributed by atoms with E-state index in [1.54, 1.807) is 0 Å². The van der Waals surface area contributed by atoms with Gasteiger partial charge in [0.15, 0.2) is 0 Å². The van der Waals surface area contributed by atoms with Crippen molar-refractivity contribution < 1.29 is 5.11 Å². The quantitative estimate of drug-likeness (QED) is 0.791. The Bertz CT molecular complexity index is 676. The summed E-state index contributed by atoms with van der Waals surface area (Å²) in [4.78, 5) is 2.38. The van der Waals surface area contributed by atoms with Crippen LogP contribution in [0.2, 0.25) is 0 Å². The van der Waals surface area contributed by atoms with Crippen LogP contribution in [0.5, 0.6) is 5.75 Å². The molecule has 134 valence electrons. The Kier molecular flexibility index (Phi) is 5.77. The normalized spacial score (nSPS) is 17.5. The molecule has 0 amide bonds. The fourth-order valence-corrected chi connectivity index (χ4v) is 4.06. The van der Waals surface area contributed by atoms with Gasteiger partial charge in [0.05, 0.1) is 0 Å². The summed E-state index contributed by atoms with van der Waals surface area (Å²) >= 11 is 0. The largest absolute Gasteiger partial charge is 0.508 e. The first-order valence-electron chi connectivity index (χ1n) is 9.37. The summed E-state index contributed by atoms with van der Waals surface area (Å²) in [6.45, 7) is 3.13. The third-order valence-electron chi connectivity index (χ3n) is 5.64. The van der Waals surface area contributed by atoms with Crippen LogP contribution in [-0.2, 0) is 11.8 Å². The number of phenolic OH excluding ortho intramolecular Hbond substituents is 1. The van der Waals surface area contributed by atoms with E-state index in [0.717, 1.165) is 50.9 Å². The van der Waals surface area contributed by atoms with Crippen molar-refractivity contribution in [2.24, 2.45) is 0 Å². The van der Waals surface area contributed by atoms with Gasteiger partial charge in [0, 0.05) is 11.0 Å². The van der Waals surface area contributed by atoms with E-state index in [4.69, 9.17) is 0 Å². The Hall–Kier alpha value is -1.84. The number of hydrogen-bond acceptors (Lipinski definition) is 3. The van der Waals surface area contributed by atoms with Gasteiger partial charge >= 0.3 is 0 Å². The molecule has 0 aromatic heterocycles. The van der Waals surface area contributed by atoms with E-state index in [1.807, 2.05) is 13.1 Å². The molecule has 2 aromatic rings. The zero-order chi connectivity index (χ0) is 17.7.